The molecule has 1 aromatic carbocycles. The summed E-state index contributed by atoms with van der Waals surface area (Å²) in [5, 5.41) is 16.6. The number of aliphatic hydroxyl groups excluding tert-OH is 1. The number of aliphatic hydroxyl groups is 1. The largest absolute Gasteiger partial charge is 0.382 e. The van der Waals surface area contributed by atoms with Crippen LogP contribution in [0.1, 0.15) is 63.0 Å². The number of hydrogen-bond acceptors (Lipinski definition) is 3. The number of fused-ring (bicyclic) bond motifs is 4. The average molecular weight is 487 g/mol. The number of pyridine rings is 1. The molecule has 4 unspecified atom stereocenters. The molecule has 0 radical (unpaired) electrons. The van der Waals surface area contributed by atoms with Crippen molar-refractivity contribution in [3.63, 3.8) is 0 Å². The second-order valence-corrected chi connectivity index (χ2v) is 13.1. The highest BCUT2D eigenvalue weighted by Crippen LogP contribution is 2.55. The summed E-state index contributed by atoms with van der Waals surface area (Å²) in [5.74, 6) is 3.61. The molecule has 36 heavy (non-hydrogen) atoms. The van der Waals surface area contributed by atoms with Gasteiger partial charge in [0.15, 0.2) is 6.54 Å². The first kappa shape index (κ1) is 22.9. The van der Waals surface area contributed by atoms with Crippen molar-refractivity contribution in [3.8, 4) is 0 Å². The van der Waals surface area contributed by atoms with Crippen molar-refractivity contribution in [2.75, 3.05) is 19.6 Å². The molecule has 7 aliphatic rings. The first-order valence-corrected chi connectivity index (χ1v) is 14.3. The SMILES string of the molecule is C=CC1C[N@+]2(CC(=O)NC34CC5CC(CC(C5)C3)C4)CCC1CC2C(O)c1ccnc2ccccc12. The maximum atomic E-state index is 13.8. The summed E-state index contributed by atoms with van der Waals surface area (Å²) >= 11 is 0. The average Bonchev–Trinajstić information content (AvgIpc) is 2.86. The van der Waals surface area contributed by atoms with E-state index in [2.05, 4.69) is 29.0 Å². The summed E-state index contributed by atoms with van der Waals surface area (Å²) < 4.78 is 0.684. The van der Waals surface area contributed by atoms with Crippen LogP contribution in [0.15, 0.2) is 49.2 Å². The summed E-state index contributed by atoms with van der Waals surface area (Å²) in [6.45, 7) is 6.50. The van der Waals surface area contributed by atoms with Gasteiger partial charge in [0.05, 0.1) is 18.6 Å². The lowest BCUT2D eigenvalue weighted by atomic mass is 9.53. The van der Waals surface area contributed by atoms with Crippen LogP contribution < -0.4 is 5.32 Å². The maximum Gasteiger partial charge on any atom is 0.275 e. The molecule has 1 aromatic heterocycles. The second kappa shape index (κ2) is 8.39. The van der Waals surface area contributed by atoms with E-state index >= 15 is 0 Å². The van der Waals surface area contributed by atoms with E-state index in [0.717, 1.165) is 60.2 Å². The normalized spacial score (nSPS) is 41.4. The van der Waals surface area contributed by atoms with Gasteiger partial charge in [0.1, 0.15) is 12.1 Å². The predicted molar refractivity (Wildman–Crippen MR) is 141 cm³/mol. The molecule has 2 aromatic rings. The van der Waals surface area contributed by atoms with E-state index in [1.165, 1.54) is 38.5 Å². The molecule has 2 N–H and O–H groups in total. The van der Waals surface area contributed by atoms with Crippen molar-refractivity contribution in [2.45, 2.75) is 69.1 Å². The predicted octanol–water partition coefficient (Wildman–Crippen LogP) is 4.76. The van der Waals surface area contributed by atoms with E-state index in [1.54, 1.807) is 0 Å². The van der Waals surface area contributed by atoms with E-state index in [4.69, 9.17) is 0 Å². The Kier molecular flexibility index (Phi) is 5.34. The van der Waals surface area contributed by atoms with Gasteiger partial charge in [-0.2, -0.15) is 0 Å². The summed E-state index contributed by atoms with van der Waals surface area (Å²) in [4.78, 5) is 18.4. The van der Waals surface area contributed by atoms with Gasteiger partial charge in [0, 0.05) is 35.9 Å². The van der Waals surface area contributed by atoms with Crippen LogP contribution in [0.25, 0.3) is 10.9 Å². The third-order valence-corrected chi connectivity index (χ3v) is 10.9. The Morgan fingerprint density at radius 3 is 2.58 bits per heavy atom. The number of amides is 1. The summed E-state index contributed by atoms with van der Waals surface area (Å²) in [6.07, 6.45) is 13.0. The fourth-order valence-corrected chi connectivity index (χ4v) is 9.85. The molecule has 9 rings (SSSR count). The monoisotopic (exact) mass is 486 g/mol. The lowest BCUT2D eigenvalue weighted by molar-refractivity contribution is -0.966. The number of aromatic nitrogens is 1. The second-order valence-electron chi connectivity index (χ2n) is 13.1. The van der Waals surface area contributed by atoms with Crippen LogP contribution >= 0.6 is 0 Å². The molecule has 3 aliphatic heterocycles. The minimum Gasteiger partial charge on any atom is -0.382 e. The Labute approximate surface area is 214 Å². The number of nitrogens with one attached hydrogen (secondary N) is 1. The van der Waals surface area contributed by atoms with E-state index in [-0.39, 0.29) is 17.5 Å². The highest BCUT2D eigenvalue weighted by Gasteiger charge is 2.56. The van der Waals surface area contributed by atoms with E-state index in [1.807, 2.05) is 30.5 Å². The number of piperidine rings is 3. The van der Waals surface area contributed by atoms with E-state index < -0.39 is 6.10 Å². The quantitative estimate of drug-likeness (QED) is 0.457. The first-order valence-electron chi connectivity index (χ1n) is 14.3. The Morgan fingerprint density at radius 1 is 1.14 bits per heavy atom. The number of carbonyl (C=O) groups excluding carboxylic acids is 1. The van der Waals surface area contributed by atoms with Gasteiger partial charge >= 0.3 is 0 Å². The first-order chi connectivity index (χ1) is 17.5. The zero-order chi connectivity index (χ0) is 24.5. The van der Waals surface area contributed by atoms with Crippen LogP contribution in [0.3, 0.4) is 0 Å². The molecule has 6 bridgehead atoms. The van der Waals surface area contributed by atoms with Gasteiger partial charge in [0.2, 0.25) is 0 Å². The van der Waals surface area contributed by atoms with Crippen molar-refractivity contribution < 1.29 is 14.4 Å². The molecular weight excluding hydrogens is 446 g/mol. The highest BCUT2D eigenvalue weighted by molar-refractivity contribution is 5.82. The number of hydrogen-bond donors (Lipinski definition) is 2. The summed E-state index contributed by atoms with van der Waals surface area (Å²) in [5.41, 5.74) is 1.90. The third-order valence-electron chi connectivity index (χ3n) is 10.9. The number of rotatable bonds is 6. The molecule has 1 amide bonds. The number of benzene rings is 1. The molecule has 4 aliphatic carbocycles. The molecular formula is C31H40N3O2+. The van der Waals surface area contributed by atoms with Crippen LogP contribution in [-0.4, -0.2) is 51.7 Å². The number of quaternary nitrogens is 1. The standard InChI is InChI=1S/C31H39N3O2/c1-2-23-18-34(19-29(35)33-31-15-20-11-21(16-31)13-22(12-20)17-31)10-8-24(23)14-28(34)30(36)26-7-9-32-27-6-4-3-5-25(26)27/h2-7,9,20-24,28,30,36H,1,8,10-19H2/p+1/t20?,21?,22?,23?,24?,28?,30?,31?,34-/m0/s1. The minimum atomic E-state index is -0.612. The smallest absolute Gasteiger partial charge is 0.275 e. The molecule has 5 nitrogen and oxygen atoms in total. The molecule has 190 valence electrons. The number of para-hydroxylation sites is 1. The van der Waals surface area contributed by atoms with Crippen molar-refractivity contribution >= 4 is 16.8 Å². The Morgan fingerprint density at radius 2 is 1.86 bits per heavy atom. The molecule has 4 saturated carbocycles. The lowest BCUT2D eigenvalue weighted by Gasteiger charge is -2.59. The van der Waals surface area contributed by atoms with Gasteiger partial charge in [-0.1, -0.05) is 24.3 Å². The van der Waals surface area contributed by atoms with Gasteiger partial charge in [-0.15, -0.1) is 6.58 Å². The van der Waals surface area contributed by atoms with Crippen molar-refractivity contribution in [1.82, 2.24) is 10.3 Å². The fraction of sp³-hybridized carbons (Fsp3) is 0.613. The molecule has 4 heterocycles. The fourth-order valence-electron chi connectivity index (χ4n) is 9.85. The van der Waals surface area contributed by atoms with Crippen LogP contribution in [-0.2, 0) is 4.79 Å². The lowest BCUT2D eigenvalue weighted by Crippen LogP contribution is -2.71. The zero-order valence-corrected chi connectivity index (χ0v) is 21.3. The molecule has 7 fully saturated rings. The molecule has 5 atom stereocenters. The van der Waals surface area contributed by atoms with Gasteiger partial charge < -0.3 is 14.9 Å². The van der Waals surface area contributed by atoms with Crippen LogP contribution in [0.4, 0.5) is 0 Å². The van der Waals surface area contributed by atoms with Crippen molar-refractivity contribution in [3.05, 3.63) is 54.7 Å². The van der Waals surface area contributed by atoms with Gasteiger partial charge in [-0.3, -0.25) is 9.78 Å². The maximum absolute atomic E-state index is 13.8. The van der Waals surface area contributed by atoms with Crippen LogP contribution in [0.2, 0.25) is 0 Å². The minimum absolute atomic E-state index is 0.0212. The summed E-state index contributed by atoms with van der Waals surface area (Å²) in [7, 11) is 0. The number of nitrogens with zero attached hydrogens (tertiary/aromatic N) is 2. The third kappa shape index (κ3) is 3.65. The molecule has 5 heteroatoms. The Bertz CT molecular complexity index is 1150. The Hall–Kier alpha value is -2.24. The summed E-state index contributed by atoms with van der Waals surface area (Å²) in [6, 6.07) is 10.1. The van der Waals surface area contributed by atoms with Gasteiger partial charge in [-0.05, 0) is 79.9 Å². The topological polar surface area (TPSA) is 62.2 Å². The zero-order valence-electron chi connectivity index (χ0n) is 21.3. The van der Waals surface area contributed by atoms with Crippen molar-refractivity contribution in [2.24, 2.45) is 29.6 Å². The van der Waals surface area contributed by atoms with Crippen molar-refractivity contribution in [1.29, 1.82) is 0 Å². The Balaban J connectivity index is 1.18. The molecule has 0 spiro atoms. The molecule has 3 saturated heterocycles. The van der Waals surface area contributed by atoms with Gasteiger partial charge in [-0.25, -0.2) is 0 Å². The number of carbonyl (C=O) groups is 1. The highest BCUT2D eigenvalue weighted by atomic mass is 16.3. The van der Waals surface area contributed by atoms with Crippen LogP contribution in [0, 0.1) is 29.6 Å². The van der Waals surface area contributed by atoms with Crippen LogP contribution in [0.5, 0.6) is 0 Å². The van der Waals surface area contributed by atoms with E-state index in [9.17, 15) is 9.90 Å². The van der Waals surface area contributed by atoms with E-state index in [0.29, 0.717) is 22.9 Å². The van der Waals surface area contributed by atoms with Gasteiger partial charge in [0.25, 0.3) is 5.91 Å².